The zero-order valence-corrected chi connectivity index (χ0v) is 14.3. The molecule has 0 bridgehead atoms. The Hall–Kier alpha value is -2.39. The van der Waals surface area contributed by atoms with Gasteiger partial charge in [0.1, 0.15) is 4.90 Å². The number of sulfonamides is 2. The maximum atomic E-state index is 12.4. The molecule has 2 aromatic rings. The van der Waals surface area contributed by atoms with Crippen LogP contribution in [-0.4, -0.2) is 32.9 Å². The number of aryl methyl sites for hydroxylation is 1. The number of hydrogen-bond acceptors (Lipinski definition) is 5. The molecule has 1 heterocycles. The third-order valence-corrected chi connectivity index (χ3v) is 6.59. The van der Waals surface area contributed by atoms with Crippen LogP contribution in [0.25, 0.3) is 0 Å². The average Bonchev–Trinajstić information content (AvgIpc) is 2.68. The van der Waals surface area contributed by atoms with E-state index in [4.69, 9.17) is 0 Å². The summed E-state index contributed by atoms with van der Waals surface area (Å²) in [4.78, 5) is 12.1. The van der Waals surface area contributed by atoms with Gasteiger partial charge in [0.25, 0.3) is 26.0 Å². The fraction of sp³-hybridized carbons (Fsp3) is 0.133. The minimum absolute atomic E-state index is 0.0248. The molecule has 0 spiro atoms. The number of amides is 1. The fourth-order valence-electron chi connectivity index (χ4n) is 2.43. The van der Waals surface area contributed by atoms with Crippen molar-refractivity contribution in [2.45, 2.75) is 11.8 Å². The summed E-state index contributed by atoms with van der Waals surface area (Å²) in [5.74, 6) is -1.82. The van der Waals surface area contributed by atoms with Gasteiger partial charge in [-0.15, -0.1) is 0 Å². The van der Waals surface area contributed by atoms with Crippen LogP contribution in [0.1, 0.15) is 15.9 Å². The number of nitrogens with zero attached hydrogens (tertiary/aromatic N) is 1. The molecule has 0 saturated carbocycles. The topological polar surface area (TPSA) is 101 Å². The molecule has 0 aliphatic carbocycles. The number of benzene rings is 2. The van der Waals surface area contributed by atoms with Crippen LogP contribution in [0.4, 0.5) is 5.69 Å². The van der Waals surface area contributed by atoms with Gasteiger partial charge in [-0.05, 0) is 36.8 Å². The normalized spacial score (nSPS) is 16.0. The Morgan fingerprint density at radius 2 is 1.79 bits per heavy atom. The Morgan fingerprint density at radius 3 is 2.46 bits per heavy atom. The van der Waals surface area contributed by atoms with Gasteiger partial charge in [0.15, 0.2) is 5.88 Å². The van der Waals surface area contributed by atoms with Gasteiger partial charge in [0.2, 0.25) is 0 Å². The van der Waals surface area contributed by atoms with Crippen LogP contribution in [0.2, 0.25) is 0 Å². The molecule has 0 atom stereocenters. The largest absolute Gasteiger partial charge is 0.282 e. The average molecular weight is 366 g/mol. The first-order chi connectivity index (χ1) is 11.2. The van der Waals surface area contributed by atoms with E-state index < -0.39 is 31.8 Å². The third kappa shape index (κ3) is 2.87. The summed E-state index contributed by atoms with van der Waals surface area (Å²) in [6.45, 7) is 1.79. The molecule has 9 heteroatoms. The van der Waals surface area contributed by atoms with Crippen LogP contribution in [0.5, 0.6) is 0 Å². The smallest absolute Gasteiger partial charge is 0.270 e. The summed E-state index contributed by atoms with van der Waals surface area (Å²) in [5.41, 5.74) is 1.12. The molecule has 1 aliphatic heterocycles. The summed E-state index contributed by atoms with van der Waals surface area (Å²) < 4.78 is 52.0. The Labute approximate surface area is 140 Å². The van der Waals surface area contributed by atoms with Crippen molar-refractivity contribution in [3.05, 3.63) is 59.7 Å². The van der Waals surface area contributed by atoms with Crippen molar-refractivity contribution >= 4 is 31.6 Å². The first kappa shape index (κ1) is 16.5. The second-order valence-electron chi connectivity index (χ2n) is 5.37. The molecule has 0 fully saturated rings. The van der Waals surface area contributed by atoms with E-state index in [1.165, 1.54) is 24.3 Å². The molecule has 0 unspecified atom stereocenters. The zero-order valence-electron chi connectivity index (χ0n) is 12.6. The molecule has 7 nitrogen and oxygen atoms in total. The first-order valence-electron chi connectivity index (χ1n) is 6.94. The number of fused-ring (bicyclic) bond motifs is 1. The number of carbonyl (C=O) groups is 1. The SMILES string of the molecule is Cc1cccc(NS(=O)(=O)CN2C(=O)c3ccccc3S2(=O)=O)c1. The van der Waals surface area contributed by atoms with E-state index in [1.54, 1.807) is 31.2 Å². The molecule has 1 amide bonds. The van der Waals surface area contributed by atoms with Crippen LogP contribution in [0, 0.1) is 6.92 Å². The van der Waals surface area contributed by atoms with Crippen molar-refractivity contribution in [3.63, 3.8) is 0 Å². The highest BCUT2D eigenvalue weighted by Gasteiger charge is 2.43. The van der Waals surface area contributed by atoms with Gasteiger partial charge in [-0.25, -0.2) is 21.1 Å². The standard InChI is InChI=1S/C15H14N2O5S2/c1-11-5-4-6-12(9-11)16-23(19,20)10-17-15(18)13-7-2-3-8-14(13)24(17,21)22/h2-9,16H,10H2,1H3. The number of nitrogens with one attached hydrogen (secondary N) is 1. The van der Waals surface area contributed by atoms with Gasteiger partial charge in [-0.3, -0.25) is 9.52 Å². The van der Waals surface area contributed by atoms with Crippen molar-refractivity contribution in [3.8, 4) is 0 Å². The van der Waals surface area contributed by atoms with Crippen molar-refractivity contribution in [2.75, 3.05) is 10.6 Å². The highest BCUT2D eigenvalue weighted by atomic mass is 32.2. The van der Waals surface area contributed by atoms with E-state index in [2.05, 4.69) is 4.72 Å². The number of hydrogen-bond donors (Lipinski definition) is 1. The van der Waals surface area contributed by atoms with E-state index in [0.29, 0.717) is 9.99 Å². The zero-order chi connectivity index (χ0) is 17.5. The molecule has 2 aromatic carbocycles. The number of carbonyl (C=O) groups excluding carboxylic acids is 1. The van der Waals surface area contributed by atoms with E-state index >= 15 is 0 Å². The monoisotopic (exact) mass is 366 g/mol. The predicted molar refractivity (Wildman–Crippen MR) is 88.4 cm³/mol. The van der Waals surface area contributed by atoms with Crippen LogP contribution in [-0.2, 0) is 20.0 Å². The fourth-order valence-corrected chi connectivity index (χ4v) is 5.62. The van der Waals surface area contributed by atoms with Gasteiger partial charge in [0, 0.05) is 5.69 Å². The number of anilines is 1. The van der Waals surface area contributed by atoms with E-state index in [9.17, 15) is 21.6 Å². The molecule has 0 saturated heterocycles. The molecule has 3 rings (SSSR count). The molecular weight excluding hydrogens is 352 g/mol. The van der Waals surface area contributed by atoms with Crippen LogP contribution in [0.15, 0.2) is 53.4 Å². The Balaban J connectivity index is 1.90. The van der Waals surface area contributed by atoms with Gasteiger partial charge in [-0.1, -0.05) is 24.3 Å². The number of rotatable bonds is 4. The highest BCUT2D eigenvalue weighted by Crippen LogP contribution is 2.30. The van der Waals surface area contributed by atoms with Gasteiger partial charge in [0.05, 0.1) is 5.56 Å². The van der Waals surface area contributed by atoms with Crippen LogP contribution >= 0.6 is 0 Å². The Morgan fingerprint density at radius 1 is 1.08 bits per heavy atom. The van der Waals surface area contributed by atoms with Gasteiger partial charge < -0.3 is 0 Å². The molecule has 24 heavy (non-hydrogen) atoms. The summed E-state index contributed by atoms with van der Waals surface area (Å²) in [6, 6.07) is 12.2. The molecule has 0 radical (unpaired) electrons. The molecule has 0 aromatic heterocycles. The summed E-state index contributed by atoms with van der Waals surface area (Å²) in [6.07, 6.45) is 0. The van der Waals surface area contributed by atoms with E-state index in [0.717, 1.165) is 5.56 Å². The maximum absolute atomic E-state index is 12.4. The lowest BCUT2D eigenvalue weighted by Crippen LogP contribution is -2.37. The van der Waals surface area contributed by atoms with Crippen molar-refractivity contribution in [1.82, 2.24) is 4.31 Å². The first-order valence-corrected chi connectivity index (χ1v) is 10.0. The second-order valence-corrected chi connectivity index (χ2v) is 8.89. The quantitative estimate of drug-likeness (QED) is 0.884. The lowest BCUT2D eigenvalue weighted by atomic mass is 10.2. The Kier molecular flexibility index (Phi) is 3.84. The second kappa shape index (κ2) is 5.60. The van der Waals surface area contributed by atoms with Gasteiger partial charge >= 0.3 is 0 Å². The summed E-state index contributed by atoms with van der Waals surface area (Å²) in [7, 11) is -8.25. The minimum atomic E-state index is -4.16. The van der Waals surface area contributed by atoms with Crippen molar-refractivity contribution in [2.24, 2.45) is 0 Å². The third-order valence-electron chi connectivity index (χ3n) is 3.49. The van der Waals surface area contributed by atoms with Crippen LogP contribution in [0.3, 0.4) is 0 Å². The lowest BCUT2D eigenvalue weighted by molar-refractivity contribution is 0.0885. The van der Waals surface area contributed by atoms with Crippen molar-refractivity contribution in [1.29, 1.82) is 0 Å². The predicted octanol–water partition coefficient (Wildman–Crippen LogP) is 1.54. The van der Waals surface area contributed by atoms with Gasteiger partial charge in [-0.2, -0.15) is 0 Å². The molecule has 126 valence electrons. The Bertz CT molecular complexity index is 1030. The lowest BCUT2D eigenvalue weighted by Gasteiger charge is -2.16. The highest BCUT2D eigenvalue weighted by molar-refractivity contribution is 7.95. The van der Waals surface area contributed by atoms with Crippen molar-refractivity contribution < 1.29 is 21.6 Å². The summed E-state index contributed by atoms with van der Waals surface area (Å²) in [5, 5.41) is 0. The molecular formula is C15H14N2O5S2. The summed E-state index contributed by atoms with van der Waals surface area (Å²) >= 11 is 0. The van der Waals surface area contributed by atoms with Crippen LogP contribution < -0.4 is 4.72 Å². The van der Waals surface area contributed by atoms with E-state index in [1.807, 2.05) is 0 Å². The van der Waals surface area contributed by atoms with E-state index in [-0.39, 0.29) is 10.5 Å². The molecule has 1 N–H and O–H groups in total. The molecule has 1 aliphatic rings. The maximum Gasteiger partial charge on any atom is 0.270 e. The minimum Gasteiger partial charge on any atom is -0.282 e.